The number of hydrogen-bond donors (Lipinski definition) is 1. The van der Waals surface area contributed by atoms with Crippen LogP contribution in [0.5, 0.6) is 0 Å². The Morgan fingerprint density at radius 2 is 2.04 bits per heavy atom. The van der Waals surface area contributed by atoms with Crippen LogP contribution < -0.4 is 5.32 Å². The molecule has 0 atom stereocenters. The molecule has 0 spiro atoms. The number of aryl methyl sites for hydroxylation is 1. The summed E-state index contributed by atoms with van der Waals surface area (Å²) in [5.41, 5.74) is 2.15. The van der Waals surface area contributed by atoms with Gasteiger partial charge in [-0.3, -0.25) is 4.99 Å². The van der Waals surface area contributed by atoms with Gasteiger partial charge >= 0.3 is 0 Å². The van der Waals surface area contributed by atoms with Crippen molar-refractivity contribution in [2.45, 2.75) is 19.9 Å². The van der Waals surface area contributed by atoms with Gasteiger partial charge in [-0.1, -0.05) is 12.1 Å². The quantitative estimate of drug-likeness (QED) is 0.433. The van der Waals surface area contributed by atoms with Crippen LogP contribution in [0.15, 0.2) is 34.6 Å². The van der Waals surface area contributed by atoms with Gasteiger partial charge in [-0.15, -0.1) is 35.3 Å². The van der Waals surface area contributed by atoms with Gasteiger partial charge < -0.3 is 10.2 Å². The highest BCUT2D eigenvalue weighted by atomic mass is 127. The van der Waals surface area contributed by atoms with Crippen LogP contribution in [0, 0.1) is 12.7 Å². The maximum absolute atomic E-state index is 12.9. The second kappa shape index (κ2) is 9.82. The van der Waals surface area contributed by atoms with Crippen LogP contribution in [0.2, 0.25) is 0 Å². The maximum Gasteiger partial charge on any atom is 0.193 e. The third-order valence-electron chi connectivity index (χ3n) is 3.24. The van der Waals surface area contributed by atoms with Crippen LogP contribution in [-0.2, 0) is 13.0 Å². The molecule has 0 aliphatic heterocycles. The van der Waals surface area contributed by atoms with E-state index in [1.807, 2.05) is 18.9 Å². The predicted octanol–water partition coefficient (Wildman–Crippen LogP) is 3.46. The molecule has 0 aliphatic carbocycles. The number of hydrogen-bond acceptors (Lipinski definition) is 3. The molecule has 0 unspecified atom stereocenters. The molecule has 0 bridgehead atoms. The van der Waals surface area contributed by atoms with Crippen LogP contribution in [0.4, 0.5) is 4.39 Å². The smallest absolute Gasteiger partial charge is 0.193 e. The lowest BCUT2D eigenvalue weighted by Crippen LogP contribution is -2.39. The van der Waals surface area contributed by atoms with Gasteiger partial charge in [-0.25, -0.2) is 9.37 Å². The molecule has 2 aromatic rings. The van der Waals surface area contributed by atoms with E-state index in [1.165, 1.54) is 12.1 Å². The van der Waals surface area contributed by atoms with Gasteiger partial charge in [0.15, 0.2) is 5.96 Å². The Bertz CT molecular complexity index is 627. The largest absolute Gasteiger partial charge is 0.356 e. The molecule has 0 aliphatic rings. The predicted molar refractivity (Wildman–Crippen MR) is 105 cm³/mol. The van der Waals surface area contributed by atoms with E-state index in [4.69, 9.17) is 0 Å². The maximum atomic E-state index is 12.9. The summed E-state index contributed by atoms with van der Waals surface area (Å²) in [5.74, 6) is 0.601. The molecule has 0 radical (unpaired) electrons. The fourth-order valence-corrected chi connectivity index (χ4v) is 2.80. The lowest BCUT2D eigenvalue weighted by molar-refractivity contribution is 0.476. The van der Waals surface area contributed by atoms with Gasteiger partial charge in [0.2, 0.25) is 0 Å². The van der Waals surface area contributed by atoms with Gasteiger partial charge in [0.25, 0.3) is 0 Å². The van der Waals surface area contributed by atoms with Crippen LogP contribution >= 0.6 is 35.3 Å². The third kappa shape index (κ3) is 6.42. The van der Waals surface area contributed by atoms with Gasteiger partial charge in [-0.05, 0) is 24.6 Å². The zero-order chi connectivity index (χ0) is 15.9. The number of aromatic nitrogens is 1. The normalized spacial score (nSPS) is 11.0. The van der Waals surface area contributed by atoms with E-state index in [-0.39, 0.29) is 29.8 Å². The Hall–Kier alpha value is -1.22. The molecule has 126 valence electrons. The molecule has 0 saturated heterocycles. The standard InChI is InChI=1S/C16H21FN4S.HI/c1-12-20-15(11-22-12)8-9-19-16(18-2)21(3)10-13-4-6-14(17)7-5-13;/h4-7,11H,8-10H2,1-3H3,(H,18,19);1H. The highest BCUT2D eigenvalue weighted by molar-refractivity contribution is 14.0. The number of nitrogens with zero attached hydrogens (tertiary/aromatic N) is 3. The van der Waals surface area contributed by atoms with E-state index in [1.54, 1.807) is 30.5 Å². The lowest BCUT2D eigenvalue weighted by atomic mass is 10.2. The van der Waals surface area contributed by atoms with Crippen molar-refractivity contribution in [3.63, 3.8) is 0 Å². The highest BCUT2D eigenvalue weighted by Crippen LogP contribution is 2.08. The summed E-state index contributed by atoms with van der Waals surface area (Å²) >= 11 is 1.67. The average Bonchev–Trinajstić information content (AvgIpc) is 2.91. The number of nitrogens with one attached hydrogen (secondary N) is 1. The topological polar surface area (TPSA) is 40.5 Å². The van der Waals surface area contributed by atoms with Crippen LogP contribution in [0.3, 0.4) is 0 Å². The van der Waals surface area contributed by atoms with Crippen molar-refractivity contribution in [2.24, 2.45) is 4.99 Å². The Labute approximate surface area is 157 Å². The van der Waals surface area contributed by atoms with E-state index in [2.05, 4.69) is 20.7 Å². The first kappa shape index (κ1) is 19.8. The summed E-state index contributed by atoms with van der Waals surface area (Å²) in [4.78, 5) is 10.7. The Morgan fingerprint density at radius 1 is 1.35 bits per heavy atom. The molecular formula is C16H22FIN4S. The fraction of sp³-hybridized carbons (Fsp3) is 0.375. The fourth-order valence-electron chi connectivity index (χ4n) is 2.15. The van der Waals surface area contributed by atoms with Crippen molar-refractivity contribution in [1.29, 1.82) is 0 Å². The van der Waals surface area contributed by atoms with Crippen molar-refractivity contribution in [2.75, 3.05) is 20.6 Å². The van der Waals surface area contributed by atoms with E-state index in [0.29, 0.717) is 6.54 Å². The number of guanidine groups is 1. The van der Waals surface area contributed by atoms with Crippen LogP contribution in [0.1, 0.15) is 16.3 Å². The van der Waals surface area contributed by atoms with Crippen molar-refractivity contribution in [3.8, 4) is 0 Å². The summed E-state index contributed by atoms with van der Waals surface area (Å²) < 4.78 is 12.9. The second-order valence-electron chi connectivity index (χ2n) is 5.06. The first-order valence-electron chi connectivity index (χ1n) is 7.15. The Morgan fingerprint density at radius 3 is 2.61 bits per heavy atom. The first-order valence-corrected chi connectivity index (χ1v) is 8.03. The van der Waals surface area contributed by atoms with Crippen molar-refractivity contribution in [3.05, 3.63) is 51.7 Å². The molecule has 0 amide bonds. The molecular weight excluding hydrogens is 426 g/mol. The summed E-state index contributed by atoms with van der Waals surface area (Å²) in [7, 11) is 3.72. The monoisotopic (exact) mass is 448 g/mol. The number of rotatable bonds is 5. The summed E-state index contributed by atoms with van der Waals surface area (Å²) in [6.07, 6.45) is 0.869. The van der Waals surface area contributed by atoms with E-state index in [9.17, 15) is 4.39 Å². The van der Waals surface area contributed by atoms with Crippen molar-refractivity contribution in [1.82, 2.24) is 15.2 Å². The van der Waals surface area contributed by atoms with Gasteiger partial charge in [0.1, 0.15) is 5.82 Å². The van der Waals surface area contributed by atoms with E-state index in [0.717, 1.165) is 35.2 Å². The number of benzene rings is 1. The number of thiazole rings is 1. The SMILES string of the molecule is CN=C(NCCc1csc(C)n1)N(C)Cc1ccc(F)cc1.I. The van der Waals surface area contributed by atoms with Gasteiger partial charge in [-0.2, -0.15) is 0 Å². The molecule has 2 rings (SSSR count). The van der Waals surface area contributed by atoms with E-state index < -0.39 is 0 Å². The van der Waals surface area contributed by atoms with Crippen molar-refractivity contribution >= 4 is 41.3 Å². The van der Waals surface area contributed by atoms with Crippen molar-refractivity contribution < 1.29 is 4.39 Å². The zero-order valence-corrected chi connectivity index (χ0v) is 16.7. The first-order chi connectivity index (χ1) is 10.6. The Balaban J connectivity index is 0.00000264. The molecule has 1 aromatic carbocycles. The lowest BCUT2D eigenvalue weighted by Gasteiger charge is -2.22. The minimum Gasteiger partial charge on any atom is -0.356 e. The van der Waals surface area contributed by atoms with Gasteiger partial charge in [0, 0.05) is 39.0 Å². The van der Waals surface area contributed by atoms with Crippen LogP contribution in [-0.4, -0.2) is 36.5 Å². The molecule has 1 aromatic heterocycles. The molecule has 0 fully saturated rings. The molecule has 7 heteroatoms. The second-order valence-corrected chi connectivity index (χ2v) is 6.13. The minimum atomic E-state index is -0.215. The highest BCUT2D eigenvalue weighted by Gasteiger charge is 2.07. The number of halogens is 2. The van der Waals surface area contributed by atoms with Crippen LogP contribution in [0.25, 0.3) is 0 Å². The molecule has 0 saturated carbocycles. The van der Waals surface area contributed by atoms with E-state index >= 15 is 0 Å². The number of aliphatic imine (C=N–C) groups is 1. The summed E-state index contributed by atoms with van der Waals surface area (Å²) in [5, 5.41) is 6.50. The molecule has 4 nitrogen and oxygen atoms in total. The minimum absolute atomic E-state index is 0. The zero-order valence-electron chi connectivity index (χ0n) is 13.5. The molecule has 1 N–H and O–H groups in total. The molecule has 1 heterocycles. The molecule has 23 heavy (non-hydrogen) atoms. The van der Waals surface area contributed by atoms with Gasteiger partial charge in [0.05, 0.1) is 10.7 Å². The average molecular weight is 448 g/mol. The summed E-state index contributed by atoms with van der Waals surface area (Å²) in [6.45, 7) is 3.47. The summed E-state index contributed by atoms with van der Waals surface area (Å²) in [6, 6.07) is 6.53. The third-order valence-corrected chi connectivity index (χ3v) is 4.06. The Kier molecular flexibility index (Phi) is 8.46.